The van der Waals surface area contributed by atoms with Crippen LogP contribution in [0.1, 0.15) is 33.6 Å². The molecule has 2 aromatic rings. The van der Waals surface area contributed by atoms with Gasteiger partial charge in [-0.3, -0.25) is 10.1 Å². The van der Waals surface area contributed by atoms with Crippen molar-refractivity contribution in [2.24, 2.45) is 0 Å². The van der Waals surface area contributed by atoms with Crippen molar-refractivity contribution in [1.82, 2.24) is 10.0 Å². The first kappa shape index (κ1) is 21.3. The van der Waals surface area contributed by atoms with Gasteiger partial charge in [-0.05, 0) is 51.8 Å². The number of hydrogen-bond donors (Lipinski definition) is 1. The first-order valence-electron chi connectivity index (χ1n) is 9.27. The number of hydrogen-bond acceptors (Lipinski definition) is 8. The number of halogens is 1. The molecule has 29 heavy (non-hydrogen) atoms. The molecule has 0 saturated carbocycles. The van der Waals surface area contributed by atoms with E-state index in [9.17, 15) is 14.9 Å². The van der Waals surface area contributed by atoms with Crippen LogP contribution in [0.15, 0.2) is 28.9 Å². The Balaban J connectivity index is 1.70. The van der Waals surface area contributed by atoms with Crippen LogP contribution in [0.3, 0.4) is 0 Å². The van der Waals surface area contributed by atoms with Crippen molar-refractivity contribution in [3.05, 3.63) is 39.0 Å². The monoisotopic (exact) mass is 466 g/mol. The van der Waals surface area contributed by atoms with E-state index < -0.39 is 16.7 Å². The normalized spacial score (nSPS) is 15.9. The summed E-state index contributed by atoms with van der Waals surface area (Å²) in [6.45, 7) is 6.31. The molecule has 1 N–H and O–H groups in total. The number of piperidine rings is 1. The molecule has 1 aromatic heterocycles. The summed E-state index contributed by atoms with van der Waals surface area (Å²) in [7, 11) is 0. The number of pyridine rings is 1. The number of fused-ring (bicyclic) bond motifs is 1. The smallest absolute Gasteiger partial charge is 0.427 e. The minimum absolute atomic E-state index is 0.00299. The number of anilines is 1. The molecule has 1 fully saturated rings. The molecule has 1 aliphatic rings. The summed E-state index contributed by atoms with van der Waals surface area (Å²) in [6, 6.07) is 5.47. The molecular weight excluding hydrogens is 444 g/mol. The zero-order valence-corrected chi connectivity index (χ0v) is 18.1. The van der Waals surface area contributed by atoms with E-state index >= 15 is 0 Å². The molecule has 10 heteroatoms. The van der Waals surface area contributed by atoms with Crippen molar-refractivity contribution in [1.29, 1.82) is 0 Å². The van der Waals surface area contributed by atoms with Gasteiger partial charge in [-0.1, -0.05) is 15.9 Å². The van der Waals surface area contributed by atoms with E-state index in [0.717, 1.165) is 4.47 Å². The zero-order chi connectivity index (χ0) is 21.2. The number of nitrogens with one attached hydrogen (secondary N) is 1. The summed E-state index contributed by atoms with van der Waals surface area (Å²) in [5.74, 6) is 0. The van der Waals surface area contributed by atoms with E-state index in [4.69, 9.17) is 9.57 Å². The lowest BCUT2D eigenvalue weighted by molar-refractivity contribution is -0.384. The number of carbonyl (C=O) groups is 1. The van der Waals surface area contributed by atoms with Crippen LogP contribution in [0.4, 0.5) is 16.2 Å². The lowest BCUT2D eigenvalue weighted by Gasteiger charge is -2.31. The summed E-state index contributed by atoms with van der Waals surface area (Å²) < 4.78 is 5.98. The molecule has 0 radical (unpaired) electrons. The molecule has 156 valence electrons. The Morgan fingerprint density at radius 3 is 2.66 bits per heavy atom. The predicted octanol–water partition coefficient (Wildman–Crippen LogP) is 4.65. The standard InChI is InChI=1S/C19H23BrN4O5/c1-19(2,3)28-18(25)29-23-8-6-13(7-9-23)22-17-14-10-12(20)4-5-15(14)21-11-16(17)24(26)27/h4-5,10-11,13H,6-9H2,1-3H3,(H,21,22). The summed E-state index contributed by atoms with van der Waals surface area (Å²) in [5, 5.41) is 17.1. The van der Waals surface area contributed by atoms with Gasteiger partial charge in [0.2, 0.25) is 0 Å². The fraction of sp³-hybridized carbons (Fsp3) is 0.474. The second kappa shape index (κ2) is 8.50. The number of aromatic nitrogens is 1. The number of nitrogens with zero attached hydrogens (tertiary/aromatic N) is 3. The molecule has 0 bridgehead atoms. The lowest BCUT2D eigenvalue weighted by atomic mass is 10.0. The van der Waals surface area contributed by atoms with Crippen molar-refractivity contribution >= 4 is 44.4 Å². The largest absolute Gasteiger partial charge is 0.528 e. The van der Waals surface area contributed by atoms with E-state index in [-0.39, 0.29) is 11.7 Å². The molecule has 3 rings (SSSR count). The van der Waals surface area contributed by atoms with Gasteiger partial charge in [0.25, 0.3) is 0 Å². The molecule has 1 saturated heterocycles. The van der Waals surface area contributed by atoms with Crippen molar-refractivity contribution < 1.29 is 19.3 Å². The van der Waals surface area contributed by atoms with Gasteiger partial charge in [-0.15, -0.1) is 5.06 Å². The Kier molecular flexibility index (Phi) is 6.23. The molecule has 0 atom stereocenters. The van der Waals surface area contributed by atoms with Crippen LogP contribution in [0.5, 0.6) is 0 Å². The van der Waals surface area contributed by atoms with Crippen LogP contribution in [-0.4, -0.2) is 45.9 Å². The first-order valence-corrected chi connectivity index (χ1v) is 10.1. The minimum Gasteiger partial charge on any atom is -0.427 e. The molecule has 1 aromatic carbocycles. The summed E-state index contributed by atoms with van der Waals surface area (Å²) in [4.78, 5) is 32.3. The molecule has 1 aliphatic heterocycles. The third-order valence-corrected chi connectivity index (χ3v) is 4.90. The van der Waals surface area contributed by atoms with Crippen molar-refractivity contribution in [2.45, 2.75) is 45.3 Å². The second-order valence-corrected chi connectivity index (χ2v) is 8.76. The second-order valence-electron chi connectivity index (χ2n) is 7.84. The average molecular weight is 467 g/mol. The van der Waals surface area contributed by atoms with Gasteiger partial charge < -0.3 is 14.9 Å². The first-order chi connectivity index (χ1) is 13.6. The van der Waals surface area contributed by atoms with Gasteiger partial charge in [0.15, 0.2) is 0 Å². The van der Waals surface area contributed by atoms with Crippen LogP contribution in [0.2, 0.25) is 0 Å². The number of carbonyl (C=O) groups excluding carboxylic acids is 1. The highest BCUT2D eigenvalue weighted by molar-refractivity contribution is 9.10. The van der Waals surface area contributed by atoms with E-state index in [1.54, 1.807) is 25.8 Å². The Bertz CT molecular complexity index is 923. The highest BCUT2D eigenvalue weighted by Gasteiger charge is 2.27. The maximum Gasteiger partial charge on any atom is 0.528 e. The zero-order valence-electron chi connectivity index (χ0n) is 16.5. The van der Waals surface area contributed by atoms with Crippen molar-refractivity contribution in [3.8, 4) is 0 Å². The fourth-order valence-corrected chi connectivity index (χ4v) is 3.48. The number of ether oxygens (including phenoxy) is 1. The van der Waals surface area contributed by atoms with Gasteiger partial charge in [-0.2, -0.15) is 0 Å². The van der Waals surface area contributed by atoms with Gasteiger partial charge >= 0.3 is 11.8 Å². The maximum atomic E-state index is 11.8. The Morgan fingerprint density at radius 1 is 1.34 bits per heavy atom. The average Bonchev–Trinajstić information content (AvgIpc) is 2.62. The maximum absolute atomic E-state index is 11.8. The third-order valence-electron chi connectivity index (χ3n) is 4.40. The highest BCUT2D eigenvalue weighted by atomic mass is 79.9. The van der Waals surface area contributed by atoms with E-state index in [1.807, 2.05) is 18.2 Å². The Hall–Kier alpha value is -2.46. The van der Waals surface area contributed by atoms with Crippen LogP contribution in [-0.2, 0) is 9.57 Å². The topological polar surface area (TPSA) is 107 Å². The van der Waals surface area contributed by atoms with Crippen LogP contribution >= 0.6 is 15.9 Å². The summed E-state index contributed by atoms with van der Waals surface area (Å²) in [6.07, 6.45) is 1.85. The molecule has 9 nitrogen and oxygen atoms in total. The van der Waals surface area contributed by atoms with Crippen LogP contribution in [0.25, 0.3) is 10.9 Å². The summed E-state index contributed by atoms with van der Waals surface area (Å²) >= 11 is 3.41. The Labute approximate surface area is 176 Å². The van der Waals surface area contributed by atoms with Crippen molar-refractivity contribution in [2.75, 3.05) is 18.4 Å². The minimum atomic E-state index is -0.732. The van der Waals surface area contributed by atoms with E-state index in [1.165, 1.54) is 6.20 Å². The Morgan fingerprint density at radius 2 is 2.03 bits per heavy atom. The predicted molar refractivity (Wildman–Crippen MR) is 112 cm³/mol. The molecule has 0 amide bonds. The van der Waals surface area contributed by atoms with Gasteiger partial charge in [0, 0.05) is 29.0 Å². The molecule has 0 unspecified atom stereocenters. The summed E-state index contributed by atoms with van der Waals surface area (Å²) in [5.41, 5.74) is 0.440. The molecular formula is C19H23BrN4O5. The number of hydroxylamine groups is 2. The van der Waals surface area contributed by atoms with Gasteiger partial charge in [0.05, 0.1) is 10.4 Å². The fourth-order valence-electron chi connectivity index (χ4n) is 3.11. The quantitative estimate of drug-likeness (QED) is 0.394. The molecule has 0 aliphatic carbocycles. The van der Waals surface area contributed by atoms with Crippen molar-refractivity contribution in [3.63, 3.8) is 0 Å². The number of benzene rings is 1. The van der Waals surface area contributed by atoms with Gasteiger partial charge in [0.1, 0.15) is 17.5 Å². The SMILES string of the molecule is CC(C)(C)OC(=O)ON1CCC(Nc2c([N+](=O)[O-])cnc3ccc(Br)cc23)CC1. The highest BCUT2D eigenvalue weighted by Crippen LogP contribution is 2.34. The third kappa shape index (κ3) is 5.54. The number of rotatable bonds is 4. The number of nitro groups is 1. The van der Waals surface area contributed by atoms with E-state index in [0.29, 0.717) is 42.5 Å². The molecule has 2 heterocycles. The van der Waals surface area contributed by atoms with E-state index in [2.05, 4.69) is 26.2 Å². The van der Waals surface area contributed by atoms with Crippen LogP contribution in [0, 0.1) is 10.1 Å². The lowest BCUT2D eigenvalue weighted by Crippen LogP contribution is -2.41. The van der Waals surface area contributed by atoms with Crippen LogP contribution < -0.4 is 5.32 Å². The van der Waals surface area contributed by atoms with Gasteiger partial charge in [-0.25, -0.2) is 9.78 Å². The molecule has 0 spiro atoms.